The molecule has 0 aliphatic carbocycles. The Morgan fingerprint density at radius 2 is 2.12 bits per heavy atom. The van der Waals surface area contributed by atoms with Crippen LogP contribution in [0.25, 0.3) is 0 Å². The lowest BCUT2D eigenvalue weighted by Gasteiger charge is -2.16. The molecule has 0 bridgehead atoms. The first kappa shape index (κ1) is 13.2. The average Bonchev–Trinajstić information content (AvgIpc) is 2.27. The maximum atomic E-state index is 11.4. The molecule has 0 spiro atoms. The fraction of sp³-hybridized carbons (Fsp3) is 0.429. The van der Waals surface area contributed by atoms with Crippen molar-refractivity contribution in [1.82, 2.24) is 4.90 Å². The van der Waals surface area contributed by atoms with Crippen molar-refractivity contribution >= 4 is 5.91 Å². The normalized spacial score (nSPS) is 9.76. The summed E-state index contributed by atoms with van der Waals surface area (Å²) in [6.07, 6.45) is 0.795. The number of benzene rings is 1. The molecule has 0 radical (unpaired) electrons. The number of carbonyl (C=O) groups excluding carboxylic acids is 1. The Bertz CT molecular complexity index is 446. The Labute approximate surface area is 103 Å². The highest BCUT2D eigenvalue weighted by Gasteiger charge is 2.08. The smallest absolute Gasteiger partial charge is 0.236 e. The van der Waals surface area contributed by atoms with E-state index in [4.69, 9.17) is 5.26 Å². The molecule has 1 amide bonds. The monoisotopic (exact) mass is 230 g/mol. The second-order valence-electron chi connectivity index (χ2n) is 4.33. The van der Waals surface area contributed by atoms with Crippen molar-refractivity contribution < 1.29 is 4.79 Å². The van der Waals surface area contributed by atoms with Crippen molar-refractivity contribution in [1.29, 1.82) is 5.26 Å². The van der Waals surface area contributed by atoms with Gasteiger partial charge in [-0.15, -0.1) is 0 Å². The van der Waals surface area contributed by atoms with Gasteiger partial charge in [-0.3, -0.25) is 4.79 Å². The molecule has 1 aromatic carbocycles. The van der Waals surface area contributed by atoms with Gasteiger partial charge in [0.25, 0.3) is 0 Å². The van der Waals surface area contributed by atoms with Gasteiger partial charge in [-0.25, -0.2) is 0 Å². The molecule has 0 saturated heterocycles. The number of rotatable bonds is 4. The first-order valence-electron chi connectivity index (χ1n) is 5.71. The Hall–Kier alpha value is -1.82. The highest BCUT2D eigenvalue weighted by atomic mass is 16.2. The van der Waals surface area contributed by atoms with E-state index in [9.17, 15) is 4.79 Å². The van der Waals surface area contributed by atoms with E-state index in [-0.39, 0.29) is 12.3 Å². The number of hydrogen-bond donors (Lipinski definition) is 0. The molecule has 0 N–H and O–H groups in total. The molecule has 0 unspecified atom stereocenters. The van der Waals surface area contributed by atoms with Crippen LogP contribution >= 0.6 is 0 Å². The van der Waals surface area contributed by atoms with E-state index >= 15 is 0 Å². The van der Waals surface area contributed by atoms with Crippen LogP contribution in [-0.2, 0) is 11.2 Å². The highest BCUT2D eigenvalue weighted by Crippen LogP contribution is 2.11. The molecule has 90 valence electrons. The number of hydrogen-bond acceptors (Lipinski definition) is 2. The predicted octanol–water partition coefficient (Wildman–Crippen LogP) is 2.22. The second-order valence-corrected chi connectivity index (χ2v) is 4.33. The minimum atomic E-state index is -0.114. The molecular formula is C14H18N2O. The molecule has 1 rings (SSSR count). The molecule has 0 aromatic heterocycles. The summed E-state index contributed by atoms with van der Waals surface area (Å²) in [6, 6.07) is 8.21. The molecule has 17 heavy (non-hydrogen) atoms. The summed E-state index contributed by atoms with van der Waals surface area (Å²) >= 11 is 0. The molecule has 0 aliphatic heterocycles. The Morgan fingerprint density at radius 3 is 2.71 bits per heavy atom. The summed E-state index contributed by atoms with van der Waals surface area (Å²) in [5.74, 6) is -0.114. The van der Waals surface area contributed by atoms with Gasteiger partial charge in [-0.05, 0) is 31.4 Å². The predicted molar refractivity (Wildman–Crippen MR) is 67.5 cm³/mol. The van der Waals surface area contributed by atoms with Gasteiger partial charge in [0.2, 0.25) is 5.91 Å². The van der Waals surface area contributed by atoms with Crippen LogP contribution in [0.2, 0.25) is 0 Å². The maximum Gasteiger partial charge on any atom is 0.236 e. The van der Waals surface area contributed by atoms with E-state index < -0.39 is 0 Å². The lowest BCUT2D eigenvalue weighted by molar-refractivity contribution is -0.128. The molecule has 3 nitrogen and oxygen atoms in total. The lowest BCUT2D eigenvalue weighted by Crippen LogP contribution is -2.28. The van der Waals surface area contributed by atoms with Gasteiger partial charge >= 0.3 is 0 Å². The molecule has 0 aliphatic rings. The van der Waals surface area contributed by atoms with Crippen LogP contribution in [0.1, 0.15) is 23.1 Å². The van der Waals surface area contributed by atoms with E-state index in [1.54, 1.807) is 11.9 Å². The summed E-state index contributed by atoms with van der Waals surface area (Å²) in [5, 5.41) is 8.45. The van der Waals surface area contributed by atoms with Crippen molar-refractivity contribution in [2.24, 2.45) is 0 Å². The quantitative estimate of drug-likeness (QED) is 0.796. The number of nitriles is 1. The standard InChI is InChI=1S/C14H18N2O/c1-11-4-5-13(12(2)10-11)7-9-16(3)14(17)6-8-15/h4-5,10H,6-7,9H2,1-3H3. The van der Waals surface area contributed by atoms with Crippen LogP contribution in [0.15, 0.2) is 18.2 Å². The van der Waals surface area contributed by atoms with E-state index in [1.807, 2.05) is 6.07 Å². The van der Waals surface area contributed by atoms with E-state index in [0.29, 0.717) is 6.54 Å². The van der Waals surface area contributed by atoms with E-state index in [2.05, 4.69) is 32.0 Å². The fourth-order valence-electron chi connectivity index (χ4n) is 1.74. The van der Waals surface area contributed by atoms with Crippen molar-refractivity contribution in [2.45, 2.75) is 26.7 Å². The Balaban J connectivity index is 2.56. The van der Waals surface area contributed by atoms with Crippen LogP contribution in [0, 0.1) is 25.2 Å². The van der Waals surface area contributed by atoms with Crippen molar-refractivity contribution in [3.05, 3.63) is 34.9 Å². The second kappa shape index (κ2) is 6.05. The third-order valence-electron chi connectivity index (χ3n) is 2.87. The van der Waals surface area contributed by atoms with E-state index in [1.165, 1.54) is 16.7 Å². The zero-order valence-corrected chi connectivity index (χ0v) is 10.7. The topological polar surface area (TPSA) is 44.1 Å². The van der Waals surface area contributed by atoms with Crippen LogP contribution < -0.4 is 0 Å². The van der Waals surface area contributed by atoms with Gasteiger partial charge < -0.3 is 4.90 Å². The van der Waals surface area contributed by atoms with Crippen molar-refractivity contribution in [2.75, 3.05) is 13.6 Å². The number of amides is 1. The fourth-order valence-corrected chi connectivity index (χ4v) is 1.74. The van der Waals surface area contributed by atoms with Gasteiger partial charge in [0.05, 0.1) is 6.07 Å². The average molecular weight is 230 g/mol. The first-order chi connectivity index (χ1) is 8.04. The SMILES string of the molecule is Cc1ccc(CCN(C)C(=O)CC#N)c(C)c1. The molecule has 0 saturated carbocycles. The van der Waals surface area contributed by atoms with Crippen molar-refractivity contribution in [3.63, 3.8) is 0 Å². The summed E-state index contributed by atoms with van der Waals surface area (Å²) in [5.41, 5.74) is 3.76. The third-order valence-corrected chi connectivity index (χ3v) is 2.87. The minimum Gasteiger partial charge on any atom is -0.345 e. The van der Waals surface area contributed by atoms with Crippen LogP contribution in [0.4, 0.5) is 0 Å². The zero-order valence-electron chi connectivity index (χ0n) is 10.7. The third kappa shape index (κ3) is 3.92. The van der Waals surface area contributed by atoms with Gasteiger partial charge in [0, 0.05) is 13.6 Å². The van der Waals surface area contributed by atoms with Crippen LogP contribution in [0.3, 0.4) is 0 Å². The molecule has 0 fully saturated rings. The molecule has 1 aromatic rings. The van der Waals surface area contributed by atoms with Gasteiger partial charge in [-0.1, -0.05) is 23.8 Å². The van der Waals surface area contributed by atoms with Crippen molar-refractivity contribution in [3.8, 4) is 6.07 Å². The number of aryl methyl sites for hydroxylation is 2. The maximum absolute atomic E-state index is 11.4. The Kier molecular flexibility index (Phi) is 4.71. The number of nitrogens with zero attached hydrogens (tertiary/aromatic N) is 2. The molecule has 3 heteroatoms. The lowest BCUT2D eigenvalue weighted by atomic mass is 10.0. The Morgan fingerprint density at radius 1 is 1.41 bits per heavy atom. The summed E-state index contributed by atoms with van der Waals surface area (Å²) in [7, 11) is 1.74. The minimum absolute atomic E-state index is 0.0383. The number of carbonyl (C=O) groups is 1. The zero-order chi connectivity index (χ0) is 12.8. The van der Waals surface area contributed by atoms with E-state index in [0.717, 1.165) is 6.42 Å². The highest BCUT2D eigenvalue weighted by molar-refractivity contribution is 5.77. The van der Waals surface area contributed by atoms with Gasteiger partial charge in [0.15, 0.2) is 0 Å². The molecule has 0 atom stereocenters. The summed E-state index contributed by atoms with van der Waals surface area (Å²) in [6.45, 7) is 4.81. The van der Waals surface area contributed by atoms with Crippen LogP contribution in [-0.4, -0.2) is 24.4 Å². The summed E-state index contributed by atoms with van der Waals surface area (Å²) < 4.78 is 0. The number of likely N-dealkylation sites (N-methyl/N-ethyl adjacent to an activating group) is 1. The molecular weight excluding hydrogens is 212 g/mol. The molecule has 0 heterocycles. The summed E-state index contributed by atoms with van der Waals surface area (Å²) in [4.78, 5) is 13.0. The van der Waals surface area contributed by atoms with Crippen LogP contribution in [0.5, 0.6) is 0 Å². The van der Waals surface area contributed by atoms with Gasteiger partial charge in [0.1, 0.15) is 6.42 Å². The first-order valence-corrected chi connectivity index (χ1v) is 5.71. The van der Waals surface area contributed by atoms with Gasteiger partial charge in [-0.2, -0.15) is 5.26 Å². The largest absolute Gasteiger partial charge is 0.345 e.